The molecule has 5 heteroatoms. The predicted molar refractivity (Wildman–Crippen MR) is 87.9 cm³/mol. The molecule has 0 saturated heterocycles. The second-order valence-electron chi connectivity index (χ2n) is 5.03. The Labute approximate surface area is 132 Å². The van der Waals surface area contributed by atoms with Crippen molar-refractivity contribution in [3.05, 3.63) is 45.2 Å². The van der Waals surface area contributed by atoms with Crippen molar-refractivity contribution in [2.24, 2.45) is 0 Å². The van der Waals surface area contributed by atoms with Gasteiger partial charge in [-0.05, 0) is 54.0 Å². The molecule has 20 heavy (non-hydrogen) atoms. The molecule has 0 bridgehead atoms. The number of pyridine rings is 1. The molecule has 3 rings (SSSR count). The van der Waals surface area contributed by atoms with E-state index in [4.69, 9.17) is 4.98 Å². The van der Waals surface area contributed by atoms with Crippen molar-refractivity contribution in [3.63, 3.8) is 0 Å². The van der Waals surface area contributed by atoms with E-state index >= 15 is 0 Å². The minimum atomic E-state index is 0.634. The second-order valence-corrected chi connectivity index (χ2v) is 6.11. The molecule has 4 nitrogen and oxygen atoms in total. The van der Waals surface area contributed by atoms with E-state index in [0.717, 1.165) is 30.2 Å². The summed E-state index contributed by atoms with van der Waals surface area (Å²) < 4.78 is 1.18. The minimum absolute atomic E-state index is 0.634. The second kappa shape index (κ2) is 6.03. The summed E-state index contributed by atoms with van der Waals surface area (Å²) in [5.74, 6) is 2.50. The van der Waals surface area contributed by atoms with E-state index in [-0.39, 0.29) is 0 Å². The molecule has 0 amide bonds. The van der Waals surface area contributed by atoms with E-state index in [1.54, 1.807) is 6.20 Å². The lowest BCUT2D eigenvalue weighted by atomic mass is 10.2. The Hall–Kier alpha value is -1.24. The summed E-state index contributed by atoms with van der Waals surface area (Å²) in [6, 6.07) is 4.02. The van der Waals surface area contributed by atoms with E-state index in [0.29, 0.717) is 5.92 Å². The van der Waals surface area contributed by atoms with Crippen molar-refractivity contribution in [1.29, 1.82) is 0 Å². The van der Waals surface area contributed by atoms with Gasteiger partial charge in [0.05, 0.1) is 9.26 Å². The van der Waals surface area contributed by atoms with Crippen molar-refractivity contribution in [2.75, 3.05) is 11.9 Å². The summed E-state index contributed by atoms with van der Waals surface area (Å²) in [7, 11) is 0. The van der Waals surface area contributed by atoms with Crippen LogP contribution in [0.2, 0.25) is 0 Å². The summed E-state index contributed by atoms with van der Waals surface area (Å²) in [4.78, 5) is 13.6. The van der Waals surface area contributed by atoms with Gasteiger partial charge >= 0.3 is 0 Å². The van der Waals surface area contributed by atoms with Gasteiger partial charge in [0.25, 0.3) is 0 Å². The lowest BCUT2D eigenvalue weighted by Gasteiger charge is -2.12. The van der Waals surface area contributed by atoms with Crippen molar-refractivity contribution in [2.45, 2.75) is 32.1 Å². The van der Waals surface area contributed by atoms with Crippen LogP contribution in [0.4, 0.5) is 5.82 Å². The highest BCUT2D eigenvalue weighted by Gasteiger charge is 2.29. The Bertz CT molecular complexity index is 596. The Kier molecular flexibility index (Phi) is 4.14. The number of rotatable bonds is 5. The smallest absolute Gasteiger partial charge is 0.143 e. The lowest BCUT2D eigenvalue weighted by molar-refractivity contribution is 0.884. The molecule has 2 aromatic heterocycles. The molecule has 0 spiro atoms. The van der Waals surface area contributed by atoms with Gasteiger partial charge in [-0.15, -0.1) is 0 Å². The normalized spacial score (nSPS) is 14.3. The Morgan fingerprint density at radius 3 is 2.85 bits per heavy atom. The topological polar surface area (TPSA) is 50.7 Å². The lowest BCUT2D eigenvalue weighted by Crippen LogP contribution is -2.09. The van der Waals surface area contributed by atoms with Gasteiger partial charge in [-0.25, -0.2) is 9.97 Å². The fourth-order valence-corrected chi connectivity index (χ4v) is 3.06. The molecule has 1 fully saturated rings. The maximum atomic E-state index is 4.79. The predicted octanol–water partition coefficient (Wildman–Crippen LogP) is 3.38. The minimum Gasteiger partial charge on any atom is -0.369 e. The molecule has 2 aromatic rings. The van der Waals surface area contributed by atoms with Gasteiger partial charge in [-0.1, -0.05) is 6.07 Å². The zero-order chi connectivity index (χ0) is 13.9. The van der Waals surface area contributed by atoms with Crippen LogP contribution in [-0.2, 0) is 6.42 Å². The number of anilines is 1. The molecule has 1 aliphatic rings. The Morgan fingerprint density at radius 2 is 2.20 bits per heavy atom. The molecule has 0 unspecified atom stereocenters. The maximum absolute atomic E-state index is 4.79. The molecule has 104 valence electrons. The van der Waals surface area contributed by atoms with Crippen molar-refractivity contribution in [1.82, 2.24) is 15.0 Å². The number of hydrogen-bond acceptors (Lipinski definition) is 4. The van der Waals surface area contributed by atoms with Gasteiger partial charge in [0.15, 0.2) is 0 Å². The quantitative estimate of drug-likeness (QED) is 0.809. The highest BCUT2D eigenvalue weighted by atomic mass is 127. The highest BCUT2D eigenvalue weighted by molar-refractivity contribution is 14.1. The van der Waals surface area contributed by atoms with Crippen molar-refractivity contribution in [3.8, 4) is 0 Å². The van der Waals surface area contributed by atoms with E-state index in [1.165, 1.54) is 22.1 Å². The van der Waals surface area contributed by atoms with Crippen LogP contribution in [0.3, 0.4) is 0 Å². The monoisotopic (exact) mass is 380 g/mol. The maximum Gasteiger partial charge on any atom is 0.143 e. The average molecular weight is 380 g/mol. The average Bonchev–Trinajstić information content (AvgIpc) is 3.28. The third kappa shape index (κ3) is 3.08. The third-order valence-corrected chi connectivity index (χ3v) is 4.38. The number of nitrogens with zero attached hydrogens (tertiary/aromatic N) is 3. The van der Waals surface area contributed by atoms with Crippen molar-refractivity contribution >= 4 is 28.4 Å². The van der Waals surface area contributed by atoms with Gasteiger partial charge in [-0.2, -0.15) is 0 Å². The summed E-state index contributed by atoms with van der Waals surface area (Å²) in [5.41, 5.74) is 2.37. The van der Waals surface area contributed by atoms with Crippen LogP contribution in [0.15, 0.2) is 24.5 Å². The highest BCUT2D eigenvalue weighted by Crippen LogP contribution is 2.42. The summed E-state index contributed by atoms with van der Waals surface area (Å²) >= 11 is 2.37. The first-order valence-electron chi connectivity index (χ1n) is 6.97. The summed E-state index contributed by atoms with van der Waals surface area (Å²) in [6.45, 7) is 2.97. The Balaban J connectivity index is 1.93. The van der Waals surface area contributed by atoms with Crippen LogP contribution in [0.1, 0.15) is 42.8 Å². The van der Waals surface area contributed by atoms with Crippen LogP contribution in [-0.4, -0.2) is 21.5 Å². The fourth-order valence-electron chi connectivity index (χ4n) is 2.19. The summed E-state index contributed by atoms with van der Waals surface area (Å²) in [5, 5.41) is 3.35. The molecule has 2 heterocycles. The molecule has 0 aromatic carbocycles. The van der Waals surface area contributed by atoms with E-state index in [9.17, 15) is 0 Å². The summed E-state index contributed by atoms with van der Waals surface area (Å²) in [6.07, 6.45) is 6.92. The molecule has 1 aliphatic carbocycles. The first-order valence-corrected chi connectivity index (χ1v) is 8.05. The molecular formula is C15H17IN4. The van der Waals surface area contributed by atoms with Gasteiger partial charge in [0, 0.05) is 31.3 Å². The van der Waals surface area contributed by atoms with Crippen LogP contribution < -0.4 is 5.32 Å². The van der Waals surface area contributed by atoms with Crippen LogP contribution >= 0.6 is 22.6 Å². The Morgan fingerprint density at radius 1 is 1.35 bits per heavy atom. The van der Waals surface area contributed by atoms with Crippen LogP contribution in [0, 0.1) is 3.57 Å². The fraction of sp³-hybridized carbons (Fsp3) is 0.400. The van der Waals surface area contributed by atoms with E-state index in [1.807, 2.05) is 12.3 Å². The number of aromatic nitrogens is 3. The molecular weight excluding hydrogens is 363 g/mol. The zero-order valence-corrected chi connectivity index (χ0v) is 13.6. The largest absolute Gasteiger partial charge is 0.369 e. The van der Waals surface area contributed by atoms with Gasteiger partial charge < -0.3 is 5.32 Å². The van der Waals surface area contributed by atoms with E-state index < -0.39 is 0 Å². The molecule has 1 N–H and O–H groups in total. The van der Waals surface area contributed by atoms with Crippen molar-refractivity contribution < 1.29 is 0 Å². The van der Waals surface area contributed by atoms with E-state index in [2.05, 4.69) is 50.9 Å². The molecule has 0 radical (unpaired) electrons. The SMILES string of the molecule is CCNc1nc(Cc2cccnc2)nc(C2CC2)c1I. The van der Waals surface area contributed by atoms with Gasteiger partial charge in [0.2, 0.25) is 0 Å². The number of nitrogens with one attached hydrogen (secondary N) is 1. The van der Waals surface area contributed by atoms with Gasteiger partial charge in [-0.3, -0.25) is 4.98 Å². The molecule has 1 saturated carbocycles. The number of halogens is 1. The number of hydrogen-bond donors (Lipinski definition) is 1. The van der Waals surface area contributed by atoms with Crippen LogP contribution in [0.5, 0.6) is 0 Å². The molecule has 0 aliphatic heterocycles. The zero-order valence-electron chi connectivity index (χ0n) is 11.4. The molecule has 0 atom stereocenters. The first-order chi connectivity index (χ1) is 9.78. The third-order valence-electron chi connectivity index (χ3n) is 3.32. The van der Waals surface area contributed by atoms with Gasteiger partial charge in [0.1, 0.15) is 11.6 Å². The van der Waals surface area contributed by atoms with Crippen LogP contribution in [0.25, 0.3) is 0 Å². The first kappa shape index (κ1) is 13.7. The standard InChI is InChI=1S/C15H17IN4/c1-2-18-15-13(16)14(11-5-6-11)19-12(20-15)8-10-4-3-7-17-9-10/h3-4,7,9,11H,2,5-6,8H2,1H3,(H,18,19,20).